The summed E-state index contributed by atoms with van der Waals surface area (Å²) in [6.07, 6.45) is 1.17. The Morgan fingerprint density at radius 2 is 2.16 bits per heavy atom. The topological polar surface area (TPSA) is 38.2 Å². The molecule has 0 aromatic carbocycles. The van der Waals surface area contributed by atoms with Crippen molar-refractivity contribution < 1.29 is 4.74 Å². The molecule has 1 fully saturated rings. The molecule has 106 valence electrons. The molecule has 19 heavy (non-hydrogen) atoms. The van der Waals surface area contributed by atoms with Gasteiger partial charge in [0.15, 0.2) is 0 Å². The Kier molecular flexibility index (Phi) is 4.46. The minimum Gasteiger partial charge on any atom is -0.384 e. The predicted molar refractivity (Wildman–Crippen MR) is 80.6 cm³/mol. The smallest absolute Gasteiger partial charge is 0.137 e. The number of hydrogen-bond donors (Lipinski definition) is 0. The van der Waals surface area contributed by atoms with Crippen LogP contribution in [0.4, 0.5) is 5.82 Å². The van der Waals surface area contributed by atoms with Crippen LogP contribution in [-0.2, 0) is 10.2 Å². The third-order valence-corrected chi connectivity index (χ3v) is 3.77. The van der Waals surface area contributed by atoms with E-state index in [9.17, 15) is 0 Å². The lowest BCUT2D eigenvalue weighted by Gasteiger charge is -2.22. The molecule has 0 saturated carbocycles. The zero-order chi connectivity index (χ0) is 14.0. The summed E-state index contributed by atoms with van der Waals surface area (Å²) in [6, 6.07) is 2.00. The van der Waals surface area contributed by atoms with Crippen LogP contribution in [0.25, 0.3) is 0 Å². The molecule has 0 bridgehead atoms. The van der Waals surface area contributed by atoms with Gasteiger partial charge < -0.3 is 9.64 Å². The number of anilines is 1. The fourth-order valence-corrected chi connectivity index (χ4v) is 2.69. The summed E-state index contributed by atoms with van der Waals surface area (Å²) in [5.74, 6) is 2.51. The summed E-state index contributed by atoms with van der Waals surface area (Å²) in [6.45, 7) is 9.29. The molecule has 0 spiro atoms. The molecule has 0 N–H and O–H groups in total. The molecular weight excluding hydrogens is 306 g/mol. The molecule has 4 nitrogen and oxygen atoms in total. The van der Waals surface area contributed by atoms with E-state index < -0.39 is 0 Å². The van der Waals surface area contributed by atoms with Gasteiger partial charge in [-0.3, -0.25) is 0 Å². The fraction of sp³-hybridized carbons (Fsp3) is 0.714. The molecule has 1 aromatic heterocycles. The summed E-state index contributed by atoms with van der Waals surface area (Å²) < 4.78 is 6.10. The van der Waals surface area contributed by atoms with Crippen molar-refractivity contribution in [2.24, 2.45) is 5.92 Å². The van der Waals surface area contributed by atoms with Gasteiger partial charge in [-0.05, 0) is 22.4 Å². The summed E-state index contributed by atoms with van der Waals surface area (Å²) in [5.41, 5.74) is -0.0375. The molecule has 1 unspecified atom stereocenters. The van der Waals surface area contributed by atoms with Gasteiger partial charge in [0.2, 0.25) is 0 Å². The maximum absolute atomic E-state index is 5.24. The normalized spacial score (nSPS) is 20.1. The number of nitrogens with zero attached hydrogens (tertiary/aromatic N) is 3. The van der Waals surface area contributed by atoms with Crippen molar-refractivity contribution in [3.05, 3.63) is 16.5 Å². The van der Waals surface area contributed by atoms with Crippen molar-refractivity contribution in [2.75, 3.05) is 31.7 Å². The van der Waals surface area contributed by atoms with Crippen molar-refractivity contribution in [3.8, 4) is 0 Å². The Bertz CT molecular complexity index is 445. The summed E-state index contributed by atoms with van der Waals surface area (Å²) in [4.78, 5) is 11.5. The number of methoxy groups -OCH3 is 1. The highest BCUT2D eigenvalue weighted by Crippen LogP contribution is 2.27. The zero-order valence-electron chi connectivity index (χ0n) is 12.1. The molecule has 1 aliphatic rings. The van der Waals surface area contributed by atoms with Gasteiger partial charge in [0.05, 0.1) is 6.61 Å². The Hall–Kier alpha value is -0.680. The van der Waals surface area contributed by atoms with Crippen molar-refractivity contribution in [3.63, 3.8) is 0 Å². The zero-order valence-corrected chi connectivity index (χ0v) is 13.7. The van der Waals surface area contributed by atoms with Crippen molar-refractivity contribution in [1.82, 2.24) is 9.97 Å². The summed E-state index contributed by atoms with van der Waals surface area (Å²) in [7, 11) is 1.77. The lowest BCUT2D eigenvalue weighted by molar-refractivity contribution is 0.161. The van der Waals surface area contributed by atoms with E-state index in [1.54, 1.807) is 7.11 Å². The van der Waals surface area contributed by atoms with Gasteiger partial charge in [-0.15, -0.1) is 0 Å². The van der Waals surface area contributed by atoms with Crippen LogP contribution in [0.5, 0.6) is 0 Å². The second-order valence-corrected chi connectivity index (χ2v) is 6.99. The second-order valence-electron chi connectivity index (χ2n) is 6.18. The molecule has 1 aromatic rings. The number of aromatic nitrogens is 2. The van der Waals surface area contributed by atoms with Crippen LogP contribution in [-0.4, -0.2) is 36.8 Å². The summed E-state index contributed by atoms with van der Waals surface area (Å²) >= 11 is 3.50. The Labute approximate surface area is 123 Å². The molecule has 2 heterocycles. The van der Waals surface area contributed by atoms with Gasteiger partial charge in [0, 0.05) is 37.6 Å². The van der Waals surface area contributed by atoms with E-state index in [2.05, 4.69) is 46.6 Å². The highest BCUT2D eigenvalue weighted by atomic mass is 79.9. The van der Waals surface area contributed by atoms with Gasteiger partial charge in [0.1, 0.15) is 16.2 Å². The first-order valence-electron chi connectivity index (χ1n) is 6.69. The Morgan fingerprint density at radius 3 is 2.79 bits per heavy atom. The minimum atomic E-state index is -0.0375. The molecular formula is C14H22BrN3O. The highest BCUT2D eigenvalue weighted by molar-refractivity contribution is 9.10. The monoisotopic (exact) mass is 327 g/mol. The highest BCUT2D eigenvalue weighted by Gasteiger charge is 2.25. The van der Waals surface area contributed by atoms with E-state index in [1.807, 2.05) is 6.07 Å². The maximum Gasteiger partial charge on any atom is 0.137 e. The van der Waals surface area contributed by atoms with Crippen LogP contribution in [0.15, 0.2) is 10.7 Å². The van der Waals surface area contributed by atoms with Crippen LogP contribution in [0.1, 0.15) is 33.0 Å². The van der Waals surface area contributed by atoms with Crippen LogP contribution in [0, 0.1) is 5.92 Å². The van der Waals surface area contributed by atoms with E-state index in [1.165, 1.54) is 6.42 Å². The number of rotatable bonds is 3. The molecule has 0 radical (unpaired) electrons. The van der Waals surface area contributed by atoms with Crippen molar-refractivity contribution in [1.29, 1.82) is 0 Å². The SMILES string of the molecule is COCC1CCN(c2cc(Br)nc(C(C)(C)C)n2)C1. The third kappa shape index (κ3) is 3.66. The van der Waals surface area contributed by atoms with Gasteiger partial charge in [0.25, 0.3) is 0 Å². The quantitative estimate of drug-likeness (QED) is 0.800. The van der Waals surface area contributed by atoms with Gasteiger partial charge in [-0.1, -0.05) is 20.8 Å². The molecule has 2 rings (SSSR count). The second kappa shape index (κ2) is 5.75. The molecule has 1 aliphatic heterocycles. The lowest BCUT2D eigenvalue weighted by Crippen LogP contribution is -2.24. The largest absolute Gasteiger partial charge is 0.384 e. The van der Waals surface area contributed by atoms with Crippen LogP contribution in [0.3, 0.4) is 0 Å². The van der Waals surface area contributed by atoms with E-state index >= 15 is 0 Å². The van der Waals surface area contributed by atoms with E-state index in [0.717, 1.165) is 35.9 Å². The van der Waals surface area contributed by atoms with E-state index in [0.29, 0.717) is 5.92 Å². The first-order chi connectivity index (χ1) is 8.90. The van der Waals surface area contributed by atoms with E-state index in [-0.39, 0.29) is 5.41 Å². The average Bonchev–Trinajstić information content (AvgIpc) is 2.76. The first kappa shape index (κ1) is 14.7. The third-order valence-electron chi connectivity index (χ3n) is 3.36. The molecule has 5 heteroatoms. The lowest BCUT2D eigenvalue weighted by atomic mass is 9.96. The fourth-order valence-electron chi connectivity index (χ4n) is 2.32. The molecule has 1 saturated heterocycles. The predicted octanol–water partition coefficient (Wildman–Crippen LogP) is 3.01. The molecule has 0 aliphatic carbocycles. The Morgan fingerprint density at radius 1 is 1.42 bits per heavy atom. The molecule has 1 atom stereocenters. The van der Waals surface area contributed by atoms with Crippen molar-refractivity contribution >= 4 is 21.7 Å². The van der Waals surface area contributed by atoms with Crippen LogP contribution in [0.2, 0.25) is 0 Å². The van der Waals surface area contributed by atoms with Crippen molar-refractivity contribution in [2.45, 2.75) is 32.6 Å². The van der Waals surface area contributed by atoms with Gasteiger partial charge >= 0.3 is 0 Å². The summed E-state index contributed by atoms with van der Waals surface area (Å²) in [5, 5.41) is 0. The standard InChI is InChI=1S/C14H22BrN3O/c1-14(2,3)13-16-11(15)7-12(17-13)18-6-5-10(8-18)9-19-4/h7,10H,5-6,8-9H2,1-4H3. The maximum atomic E-state index is 5.24. The number of ether oxygens (including phenoxy) is 1. The Balaban J connectivity index is 2.19. The minimum absolute atomic E-state index is 0.0375. The first-order valence-corrected chi connectivity index (χ1v) is 7.48. The van der Waals surface area contributed by atoms with Crippen LogP contribution < -0.4 is 4.90 Å². The van der Waals surface area contributed by atoms with Gasteiger partial charge in [-0.25, -0.2) is 9.97 Å². The number of halogens is 1. The van der Waals surface area contributed by atoms with Gasteiger partial charge in [-0.2, -0.15) is 0 Å². The van der Waals surface area contributed by atoms with E-state index in [4.69, 9.17) is 9.72 Å². The molecule has 0 amide bonds. The van der Waals surface area contributed by atoms with Crippen LogP contribution >= 0.6 is 15.9 Å². The average molecular weight is 328 g/mol. The number of hydrogen-bond acceptors (Lipinski definition) is 4.